The van der Waals surface area contributed by atoms with Gasteiger partial charge in [-0.25, -0.2) is 4.79 Å². The van der Waals surface area contributed by atoms with E-state index in [0.29, 0.717) is 12.2 Å². The molecule has 7 nitrogen and oxygen atoms in total. The van der Waals surface area contributed by atoms with E-state index in [4.69, 9.17) is 9.84 Å². The summed E-state index contributed by atoms with van der Waals surface area (Å²) >= 11 is 0. The molecule has 0 aliphatic carbocycles. The van der Waals surface area contributed by atoms with Crippen molar-refractivity contribution in [3.8, 4) is 0 Å². The van der Waals surface area contributed by atoms with E-state index >= 15 is 0 Å². The standard InChI is InChI=1S/C13H18N2O5/c1-9(6-7-20-2)14-8-10-4-3-5-11(15(18)19)12(10)13(16)17/h3-5,9,14H,6-8H2,1-2H3,(H,16,17). The molecule has 0 aromatic heterocycles. The van der Waals surface area contributed by atoms with Crippen LogP contribution in [0.1, 0.15) is 29.3 Å². The summed E-state index contributed by atoms with van der Waals surface area (Å²) in [5.74, 6) is -1.29. The monoisotopic (exact) mass is 282 g/mol. The number of rotatable bonds is 8. The van der Waals surface area contributed by atoms with Gasteiger partial charge in [0.25, 0.3) is 5.69 Å². The Bertz CT molecular complexity index is 490. The van der Waals surface area contributed by atoms with Gasteiger partial charge in [-0.05, 0) is 18.9 Å². The van der Waals surface area contributed by atoms with E-state index in [-0.39, 0.29) is 23.8 Å². The van der Waals surface area contributed by atoms with Gasteiger partial charge in [-0.1, -0.05) is 12.1 Å². The molecule has 7 heteroatoms. The molecule has 0 heterocycles. The molecule has 0 saturated carbocycles. The molecule has 0 aliphatic rings. The molecule has 110 valence electrons. The summed E-state index contributed by atoms with van der Waals surface area (Å²) in [4.78, 5) is 21.4. The van der Waals surface area contributed by atoms with Crippen molar-refractivity contribution in [2.75, 3.05) is 13.7 Å². The predicted octanol–water partition coefficient (Wildman–Crippen LogP) is 1.81. The van der Waals surface area contributed by atoms with E-state index in [9.17, 15) is 14.9 Å². The molecule has 0 spiro atoms. The maximum atomic E-state index is 11.2. The maximum absolute atomic E-state index is 11.2. The van der Waals surface area contributed by atoms with Crippen LogP contribution in [-0.2, 0) is 11.3 Å². The average Bonchev–Trinajstić information content (AvgIpc) is 2.41. The number of carboxylic acids is 1. The lowest BCUT2D eigenvalue weighted by Crippen LogP contribution is -2.27. The van der Waals surface area contributed by atoms with Crippen molar-refractivity contribution in [1.82, 2.24) is 5.32 Å². The van der Waals surface area contributed by atoms with Crippen molar-refractivity contribution in [2.24, 2.45) is 0 Å². The first kappa shape index (κ1) is 16.1. The van der Waals surface area contributed by atoms with E-state index in [1.54, 1.807) is 13.2 Å². The molecule has 1 atom stereocenters. The molecule has 2 N–H and O–H groups in total. The Morgan fingerprint density at radius 1 is 1.55 bits per heavy atom. The Morgan fingerprint density at radius 2 is 2.25 bits per heavy atom. The number of hydrogen-bond donors (Lipinski definition) is 2. The zero-order valence-electron chi connectivity index (χ0n) is 11.5. The minimum absolute atomic E-state index is 0.121. The van der Waals surface area contributed by atoms with Gasteiger partial charge in [0, 0.05) is 32.4 Å². The highest BCUT2D eigenvalue weighted by Gasteiger charge is 2.23. The molecule has 0 amide bonds. The smallest absolute Gasteiger partial charge is 0.343 e. The summed E-state index contributed by atoms with van der Waals surface area (Å²) in [6, 6.07) is 4.38. The van der Waals surface area contributed by atoms with Crippen LogP contribution < -0.4 is 5.32 Å². The molecule has 20 heavy (non-hydrogen) atoms. The zero-order valence-corrected chi connectivity index (χ0v) is 11.5. The van der Waals surface area contributed by atoms with Crippen LogP contribution in [0.25, 0.3) is 0 Å². The Kier molecular flexibility index (Phi) is 6.08. The summed E-state index contributed by atoms with van der Waals surface area (Å²) in [5, 5.41) is 23.1. The second-order valence-corrected chi connectivity index (χ2v) is 4.44. The van der Waals surface area contributed by atoms with E-state index in [1.165, 1.54) is 12.1 Å². The normalized spacial score (nSPS) is 12.1. The lowest BCUT2D eigenvalue weighted by molar-refractivity contribution is -0.385. The van der Waals surface area contributed by atoms with Crippen LogP contribution in [0.5, 0.6) is 0 Å². The molecular formula is C13H18N2O5. The molecule has 0 radical (unpaired) electrons. The van der Waals surface area contributed by atoms with Crippen molar-refractivity contribution in [1.29, 1.82) is 0 Å². The van der Waals surface area contributed by atoms with Crippen LogP contribution in [0, 0.1) is 10.1 Å². The second kappa shape index (κ2) is 7.56. The fraction of sp³-hybridized carbons (Fsp3) is 0.462. The zero-order chi connectivity index (χ0) is 15.1. The molecule has 1 aromatic carbocycles. The number of nitrogens with zero attached hydrogens (tertiary/aromatic N) is 1. The Morgan fingerprint density at radius 3 is 2.80 bits per heavy atom. The Hall–Kier alpha value is -1.99. The second-order valence-electron chi connectivity index (χ2n) is 4.44. The van der Waals surface area contributed by atoms with Crippen molar-refractivity contribution in [2.45, 2.75) is 25.9 Å². The van der Waals surface area contributed by atoms with E-state index in [0.717, 1.165) is 6.42 Å². The third-order valence-electron chi connectivity index (χ3n) is 2.94. The number of carboxylic acid groups (broad SMARTS) is 1. The van der Waals surface area contributed by atoms with Crippen molar-refractivity contribution in [3.05, 3.63) is 39.4 Å². The van der Waals surface area contributed by atoms with Gasteiger partial charge < -0.3 is 15.2 Å². The number of hydrogen-bond acceptors (Lipinski definition) is 5. The van der Waals surface area contributed by atoms with Crippen molar-refractivity contribution >= 4 is 11.7 Å². The number of aromatic carboxylic acids is 1. The van der Waals surface area contributed by atoms with Gasteiger partial charge >= 0.3 is 5.97 Å². The molecule has 0 saturated heterocycles. The molecule has 0 bridgehead atoms. The lowest BCUT2D eigenvalue weighted by Gasteiger charge is -2.14. The fourth-order valence-corrected chi connectivity index (χ4v) is 1.81. The first-order valence-corrected chi connectivity index (χ1v) is 6.19. The van der Waals surface area contributed by atoms with Gasteiger partial charge in [0.15, 0.2) is 0 Å². The number of carbonyl (C=O) groups is 1. The molecule has 0 fully saturated rings. The van der Waals surface area contributed by atoms with Crippen molar-refractivity contribution < 1.29 is 19.6 Å². The molecular weight excluding hydrogens is 264 g/mol. The minimum atomic E-state index is -1.29. The average molecular weight is 282 g/mol. The predicted molar refractivity (Wildman–Crippen MR) is 72.9 cm³/mol. The van der Waals surface area contributed by atoms with Crippen LogP contribution in [0.15, 0.2) is 18.2 Å². The van der Waals surface area contributed by atoms with Crippen LogP contribution in [-0.4, -0.2) is 35.8 Å². The number of nitrogens with one attached hydrogen (secondary N) is 1. The molecule has 1 rings (SSSR count). The summed E-state index contributed by atoms with van der Waals surface area (Å²) in [7, 11) is 1.61. The Labute approximate surface area is 116 Å². The van der Waals surface area contributed by atoms with Gasteiger partial charge in [0.1, 0.15) is 5.56 Å². The number of benzene rings is 1. The topological polar surface area (TPSA) is 102 Å². The van der Waals surface area contributed by atoms with Crippen LogP contribution in [0.3, 0.4) is 0 Å². The maximum Gasteiger partial charge on any atom is 0.343 e. The van der Waals surface area contributed by atoms with Gasteiger partial charge in [-0.2, -0.15) is 0 Å². The van der Waals surface area contributed by atoms with Crippen LogP contribution >= 0.6 is 0 Å². The van der Waals surface area contributed by atoms with Crippen LogP contribution in [0.2, 0.25) is 0 Å². The summed E-state index contributed by atoms with van der Waals surface area (Å²) in [6.45, 7) is 2.79. The first-order chi connectivity index (χ1) is 9.47. The van der Waals surface area contributed by atoms with Gasteiger partial charge in [0.05, 0.1) is 4.92 Å². The lowest BCUT2D eigenvalue weighted by atomic mass is 10.0. The van der Waals surface area contributed by atoms with Gasteiger partial charge in [-0.3, -0.25) is 10.1 Å². The Balaban J connectivity index is 2.87. The summed E-state index contributed by atoms with van der Waals surface area (Å²) < 4.78 is 4.95. The molecule has 1 aromatic rings. The summed E-state index contributed by atoms with van der Waals surface area (Å²) in [5.41, 5.74) is -0.249. The quantitative estimate of drug-likeness (QED) is 0.557. The summed E-state index contributed by atoms with van der Waals surface area (Å²) in [6.07, 6.45) is 0.772. The fourth-order valence-electron chi connectivity index (χ4n) is 1.81. The van der Waals surface area contributed by atoms with E-state index in [2.05, 4.69) is 5.32 Å². The largest absolute Gasteiger partial charge is 0.477 e. The highest BCUT2D eigenvalue weighted by molar-refractivity contribution is 5.94. The first-order valence-electron chi connectivity index (χ1n) is 6.19. The van der Waals surface area contributed by atoms with Crippen LogP contribution in [0.4, 0.5) is 5.69 Å². The minimum Gasteiger partial charge on any atom is -0.477 e. The van der Waals surface area contributed by atoms with E-state index in [1.807, 2.05) is 6.92 Å². The number of nitro benzene ring substituents is 1. The number of nitro groups is 1. The highest BCUT2D eigenvalue weighted by atomic mass is 16.6. The number of methoxy groups -OCH3 is 1. The van der Waals surface area contributed by atoms with Gasteiger partial charge in [0.2, 0.25) is 0 Å². The third-order valence-corrected chi connectivity index (χ3v) is 2.94. The third kappa shape index (κ3) is 4.29. The van der Waals surface area contributed by atoms with E-state index < -0.39 is 10.9 Å². The molecule has 1 unspecified atom stereocenters. The highest BCUT2D eigenvalue weighted by Crippen LogP contribution is 2.22. The molecule has 0 aliphatic heterocycles. The SMILES string of the molecule is COCCC(C)NCc1cccc([N+](=O)[O-])c1C(=O)O. The van der Waals surface area contributed by atoms with Gasteiger partial charge in [-0.15, -0.1) is 0 Å². The van der Waals surface area contributed by atoms with Crippen molar-refractivity contribution in [3.63, 3.8) is 0 Å². The number of ether oxygens (including phenoxy) is 1.